The molecule has 3 aromatic carbocycles. The minimum Gasteiger partial charge on any atom is -0.497 e. The fourth-order valence-electron chi connectivity index (χ4n) is 6.23. The number of carbonyl (C=O) groups excluding carboxylic acids is 1. The molecule has 2 aliphatic rings. The van der Waals surface area contributed by atoms with Crippen molar-refractivity contribution >= 4 is 5.97 Å². The summed E-state index contributed by atoms with van der Waals surface area (Å²) in [5.41, 5.74) is 1.91. The molecule has 2 saturated carbocycles. The molecule has 0 aromatic heterocycles. The maximum absolute atomic E-state index is 13.3. The van der Waals surface area contributed by atoms with Crippen LogP contribution in [-0.4, -0.2) is 32.9 Å². The average molecular weight is 529 g/mol. The highest BCUT2D eigenvalue weighted by Gasteiger charge is 2.63. The molecule has 2 aliphatic carbocycles. The first-order valence-electron chi connectivity index (χ1n) is 14.1. The van der Waals surface area contributed by atoms with Crippen molar-refractivity contribution in [3.63, 3.8) is 0 Å². The van der Waals surface area contributed by atoms with Crippen LogP contribution in [0.15, 0.2) is 78.9 Å². The molecular weight excluding hydrogens is 488 g/mol. The molecule has 0 N–H and O–H groups in total. The summed E-state index contributed by atoms with van der Waals surface area (Å²) < 4.78 is 24.0. The van der Waals surface area contributed by atoms with Crippen molar-refractivity contribution in [2.45, 2.75) is 57.7 Å². The first-order chi connectivity index (χ1) is 18.9. The molecule has 0 amide bonds. The lowest BCUT2D eigenvalue weighted by atomic mass is 9.80. The Labute approximate surface area is 232 Å². The molecule has 0 radical (unpaired) electrons. The minimum atomic E-state index is -0.893. The van der Waals surface area contributed by atoms with Crippen LogP contribution in [0.3, 0.4) is 0 Å². The molecule has 39 heavy (non-hydrogen) atoms. The van der Waals surface area contributed by atoms with Crippen LogP contribution in [0, 0.1) is 17.3 Å². The summed E-state index contributed by atoms with van der Waals surface area (Å²) >= 11 is 0. The molecule has 5 rings (SSSR count). The predicted octanol–water partition coefficient (Wildman–Crippen LogP) is 7.16. The van der Waals surface area contributed by atoms with Crippen LogP contribution >= 0.6 is 0 Å². The molecule has 206 valence electrons. The number of ether oxygens (including phenoxy) is 4. The van der Waals surface area contributed by atoms with Crippen molar-refractivity contribution in [1.82, 2.24) is 0 Å². The van der Waals surface area contributed by atoms with E-state index in [2.05, 4.69) is 50.2 Å². The third-order valence-corrected chi connectivity index (χ3v) is 8.79. The topological polar surface area (TPSA) is 54.0 Å². The van der Waals surface area contributed by atoms with E-state index < -0.39 is 5.60 Å². The van der Waals surface area contributed by atoms with Crippen LogP contribution < -0.4 is 9.47 Å². The first-order valence-corrected chi connectivity index (χ1v) is 14.1. The van der Waals surface area contributed by atoms with Gasteiger partial charge in [-0.1, -0.05) is 74.9 Å². The zero-order valence-corrected chi connectivity index (χ0v) is 23.5. The number of hydrogen-bond acceptors (Lipinski definition) is 5. The molecule has 2 fully saturated rings. The lowest BCUT2D eigenvalue weighted by Gasteiger charge is -2.36. The molecular formula is C34H40O5. The summed E-state index contributed by atoms with van der Waals surface area (Å²) in [4.78, 5) is 13.3. The normalized spacial score (nSPS) is 20.7. The van der Waals surface area contributed by atoms with Gasteiger partial charge in [-0.15, -0.1) is 0 Å². The Morgan fingerprint density at radius 1 is 0.769 bits per heavy atom. The highest BCUT2D eigenvalue weighted by Crippen LogP contribution is 2.60. The Balaban J connectivity index is 1.49. The van der Waals surface area contributed by atoms with Gasteiger partial charge in [0, 0.05) is 5.92 Å². The molecule has 5 nitrogen and oxygen atoms in total. The third kappa shape index (κ3) is 5.42. The van der Waals surface area contributed by atoms with Gasteiger partial charge in [-0.05, 0) is 72.1 Å². The Morgan fingerprint density at radius 2 is 1.28 bits per heavy atom. The summed E-state index contributed by atoms with van der Waals surface area (Å²) in [5.74, 6) is 1.39. The lowest BCUT2D eigenvalue weighted by molar-refractivity contribution is -0.153. The Hall–Kier alpha value is -3.31. The van der Waals surface area contributed by atoms with Crippen molar-refractivity contribution in [3.8, 4) is 11.5 Å². The first kappa shape index (κ1) is 27.3. The van der Waals surface area contributed by atoms with Gasteiger partial charge in [0.1, 0.15) is 23.2 Å². The van der Waals surface area contributed by atoms with Crippen molar-refractivity contribution in [3.05, 3.63) is 95.6 Å². The maximum atomic E-state index is 13.3. The summed E-state index contributed by atoms with van der Waals surface area (Å²) in [5, 5.41) is 0. The summed E-state index contributed by atoms with van der Waals surface area (Å²) in [6, 6.07) is 26.4. The van der Waals surface area contributed by atoms with Crippen LogP contribution in [-0.2, 0) is 19.9 Å². The molecule has 2 unspecified atom stereocenters. The van der Waals surface area contributed by atoms with E-state index in [1.165, 1.54) is 6.42 Å². The second-order valence-corrected chi connectivity index (χ2v) is 11.4. The second-order valence-electron chi connectivity index (χ2n) is 11.4. The van der Waals surface area contributed by atoms with E-state index in [1.807, 2.05) is 42.5 Å². The van der Waals surface area contributed by atoms with Crippen LogP contribution in [0.1, 0.15) is 62.6 Å². The van der Waals surface area contributed by atoms with E-state index in [1.54, 1.807) is 14.2 Å². The SMILES string of the molecule is COc1ccc(C(OCC2C(C(=O)OC3CCCCC3)C2(C)C)(c2ccccc2)c2ccc(OC)cc2)cc1. The molecule has 0 bridgehead atoms. The molecule has 3 aromatic rings. The van der Waals surface area contributed by atoms with Crippen LogP contribution in [0.4, 0.5) is 0 Å². The summed E-state index contributed by atoms with van der Waals surface area (Å²) in [7, 11) is 3.34. The smallest absolute Gasteiger partial charge is 0.310 e. The zero-order chi connectivity index (χ0) is 27.5. The van der Waals surface area contributed by atoms with E-state index in [-0.39, 0.29) is 29.3 Å². The fraction of sp³-hybridized carbons (Fsp3) is 0.441. The third-order valence-electron chi connectivity index (χ3n) is 8.79. The van der Waals surface area contributed by atoms with E-state index >= 15 is 0 Å². The number of hydrogen-bond donors (Lipinski definition) is 0. The quantitative estimate of drug-likeness (QED) is 0.206. The van der Waals surface area contributed by atoms with Crippen molar-refractivity contribution in [1.29, 1.82) is 0 Å². The fourth-order valence-corrected chi connectivity index (χ4v) is 6.23. The van der Waals surface area contributed by atoms with Crippen molar-refractivity contribution < 1.29 is 23.7 Å². The van der Waals surface area contributed by atoms with Gasteiger partial charge >= 0.3 is 5.97 Å². The van der Waals surface area contributed by atoms with Gasteiger partial charge in [0.05, 0.1) is 26.7 Å². The Bertz CT molecular complexity index is 1180. The van der Waals surface area contributed by atoms with Gasteiger partial charge in [-0.3, -0.25) is 4.79 Å². The average Bonchev–Trinajstić information content (AvgIpc) is 3.55. The van der Waals surface area contributed by atoms with Crippen LogP contribution in [0.2, 0.25) is 0 Å². The van der Waals surface area contributed by atoms with Gasteiger partial charge < -0.3 is 18.9 Å². The largest absolute Gasteiger partial charge is 0.497 e. The number of carbonyl (C=O) groups is 1. The molecule has 0 heterocycles. The van der Waals surface area contributed by atoms with Crippen molar-refractivity contribution in [2.24, 2.45) is 17.3 Å². The van der Waals surface area contributed by atoms with Gasteiger partial charge in [0.15, 0.2) is 0 Å². The minimum absolute atomic E-state index is 0.0613. The number of methoxy groups -OCH3 is 2. The Morgan fingerprint density at radius 3 is 1.79 bits per heavy atom. The second kappa shape index (κ2) is 11.4. The van der Waals surface area contributed by atoms with Gasteiger partial charge in [-0.2, -0.15) is 0 Å². The molecule has 0 aliphatic heterocycles. The van der Waals surface area contributed by atoms with Gasteiger partial charge in [0.2, 0.25) is 0 Å². The standard InChI is InChI=1S/C34H40O5/c1-33(2)30(31(33)32(35)39-29-13-9-6-10-14-29)23-38-34(24-11-7-5-8-12-24,25-15-19-27(36-3)20-16-25)26-17-21-28(37-4)22-18-26/h5,7-8,11-12,15-22,29-31H,6,9-10,13-14,23H2,1-4H3. The monoisotopic (exact) mass is 528 g/mol. The highest BCUT2D eigenvalue weighted by molar-refractivity contribution is 5.77. The molecule has 2 atom stereocenters. The Kier molecular flexibility index (Phi) is 7.99. The van der Waals surface area contributed by atoms with Gasteiger partial charge in [-0.25, -0.2) is 0 Å². The summed E-state index contributed by atoms with van der Waals surface area (Å²) in [6.45, 7) is 4.72. The number of benzene rings is 3. The number of rotatable bonds is 10. The van der Waals surface area contributed by atoms with E-state index in [9.17, 15) is 4.79 Å². The lowest BCUT2D eigenvalue weighted by Crippen LogP contribution is -2.34. The summed E-state index contributed by atoms with van der Waals surface area (Å²) in [6.07, 6.45) is 5.53. The maximum Gasteiger partial charge on any atom is 0.310 e. The van der Waals surface area contributed by atoms with Crippen LogP contribution in [0.5, 0.6) is 11.5 Å². The molecule has 0 spiro atoms. The molecule has 0 saturated heterocycles. The molecule has 5 heteroatoms. The number of esters is 1. The van der Waals surface area contributed by atoms with Crippen LogP contribution in [0.25, 0.3) is 0 Å². The van der Waals surface area contributed by atoms with Crippen molar-refractivity contribution in [2.75, 3.05) is 20.8 Å². The van der Waals surface area contributed by atoms with E-state index in [4.69, 9.17) is 18.9 Å². The predicted molar refractivity (Wildman–Crippen MR) is 152 cm³/mol. The van der Waals surface area contributed by atoms with E-state index in [0.717, 1.165) is 53.9 Å². The zero-order valence-electron chi connectivity index (χ0n) is 23.5. The van der Waals surface area contributed by atoms with E-state index in [0.29, 0.717) is 6.61 Å². The van der Waals surface area contributed by atoms with Gasteiger partial charge in [0.25, 0.3) is 0 Å². The highest BCUT2D eigenvalue weighted by atomic mass is 16.5.